The molecule has 252 valence electrons. The van der Waals surface area contributed by atoms with E-state index in [0.717, 1.165) is 36.0 Å². The largest absolute Gasteiger partial charge is 0.496 e. The van der Waals surface area contributed by atoms with E-state index in [1.165, 1.54) is 42.3 Å². The van der Waals surface area contributed by atoms with Crippen LogP contribution >= 0.6 is 11.6 Å². The lowest BCUT2D eigenvalue weighted by Gasteiger charge is -2.42. The Labute approximate surface area is 286 Å². The first-order valence-corrected chi connectivity index (χ1v) is 17.7. The Bertz CT molecular complexity index is 1890. The van der Waals surface area contributed by atoms with E-state index in [0.29, 0.717) is 47.8 Å². The summed E-state index contributed by atoms with van der Waals surface area (Å²) in [7, 11) is 2.48. The molecule has 1 unspecified atom stereocenters. The van der Waals surface area contributed by atoms with E-state index < -0.39 is 27.5 Å². The van der Waals surface area contributed by atoms with Gasteiger partial charge in [0.15, 0.2) is 5.54 Å². The van der Waals surface area contributed by atoms with E-state index in [1.807, 2.05) is 29.2 Å². The average molecular weight is 691 g/mol. The number of likely N-dealkylation sites (N-methyl/N-ethyl adjacent to an activating group) is 2. The summed E-state index contributed by atoms with van der Waals surface area (Å²) in [5.41, 5.74) is 0.408. The van der Waals surface area contributed by atoms with Gasteiger partial charge in [0.25, 0.3) is 15.9 Å². The van der Waals surface area contributed by atoms with E-state index in [-0.39, 0.29) is 22.1 Å². The molecule has 0 aromatic heterocycles. The molecule has 48 heavy (non-hydrogen) atoms. The summed E-state index contributed by atoms with van der Waals surface area (Å²) in [6, 6.07) is 17.1. The SMILES string of the molecule is COc1cc(CN2CCN(C)CC2)ccc1[C@]1(N2CCCC2C(=O)N(C)C)C(=O)N(S(=O)(=O)c2ccc(C#N)cc2)c2ccc(Cl)cc21. The van der Waals surface area contributed by atoms with E-state index in [2.05, 4.69) is 16.8 Å². The van der Waals surface area contributed by atoms with Crippen LogP contribution in [0.3, 0.4) is 0 Å². The molecule has 0 bridgehead atoms. The summed E-state index contributed by atoms with van der Waals surface area (Å²) in [4.78, 5) is 36.9. The number of ether oxygens (including phenoxy) is 1. The monoisotopic (exact) mass is 690 g/mol. The van der Waals surface area contributed by atoms with Gasteiger partial charge in [0.05, 0.1) is 35.4 Å². The van der Waals surface area contributed by atoms with Gasteiger partial charge in [-0.25, -0.2) is 12.7 Å². The normalized spacial score (nSPS) is 22.0. The van der Waals surface area contributed by atoms with Gasteiger partial charge in [-0.05, 0) is 74.0 Å². The lowest BCUT2D eigenvalue weighted by Crippen LogP contribution is -2.59. The van der Waals surface area contributed by atoms with Gasteiger partial charge >= 0.3 is 0 Å². The molecule has 2 amide bonds. The minimum Gasteiger partial charge on any atom is -0.496 e. The number of amides is 2. The number of anilines is 1. The zero-order valence-corrected chi connectivity index (χ0v) is 29.1. The van der Waals surface area contributed by atoms with Gasteiger partial charge in [-0.15, -0.1) is 0 Å². The van der Waals surface area contributed by atoms with Crippen LogP contribution in [0.15, 0.2) is 65.6 Å². The van der Waals surface area contributed by atoms with Crippen molar-refractivity contribution in [2.45, 2.75) is 35.9 Å². The number of hydrogen-bond acceptors (Lipinski definition) is 9. The number of hydrogen-bond donors (Lipinski definition) is 0. The molecule has 0 radical (unpaired) electrons. The van der Waals surface area contributed by atoms with Crippen LogP contribution in [-0.4, -0.2) is 107 Å². The van der Waals surface area contributed by atoms with Crippen LogP contribution in [0, 0.1) is 11.3 Å². The first-order valence-electron chi connectivity index (χ1n) is 15.9. The van der Waals surface area contributed by atoms with E-state index in [9.17, 15) is 18.5 Å². The quantitative estimate of drug-likeness (QED) is 0.350. The summed E-state index contributed by atoms with van der Waals surface area (Å²) in [5, 5.41) is 9.62. The van der Waals surface area contributed by atoms with Gasteiger partial charge in [0, 0.05) is 69.5 Å². The van der Waals surface area contributed by atoms with Crippen LogP contribution in [-0.2, 0) is 31.7 Å². The van der Waals surface area contributed by atoms with Gasteiger partial charge in [-0.3, -0.25) is 19.4 Å². The van der Waals surface area contributed by atoms with Crippen molar-refractivity contribution in [3.8, 4) is 11.8 Å². The third-order valence-corrected chi connectivity index (χ3v) is 11.6. The second-order valence-electron chi connectivity index (χ2n) is 12.8. The van der Waals surface area contributed by atoms with Gasteiger partial charge in [-0.2, -0.15) is 5.26 Å². The fraction of sp³-hybridized carbons (Fsp3) is 0.400. The topological polar surface area (TPSA) is 118 Å². The number of benzene rings is 3. The zero-order valence-electron chi connectivity index (χ0n) is 27.5. The molecule has 2 saturated heterocycles. The number of likely N-dealkylation sites (tertiary alicyclic amines) is 1. The predicted octanol–water partition coefficient (Wildman–Crippen LogP) is 3.50. The molecule has 11 nitrogen and oxygen atoms in total. The van der Waals surface area contributed by atoms with Crippen molar-refractivity contribution in [3.63, 3.8) is 0 Å². The van der Waals surface area contributed by atoms with Crippen molar-refractivity contribution < 1.29 is 22.7 Å². The second-order valence-corrected chi connectivity index (χ2v) is 15.0. The molecule has 0 saturated carbocycles. The average Bonchev–Trinajstić information content (AvgIpc) is 3.66. The highest BCUT2D eigenvalue weighted by Gasteiger charge is 2.63. The maximum atomic E-state index is 15.4. The number of nitriles is 1. The third-order valence-electron chi connectivity index (χ3n) is 9.65. The fourth-order valence-electron chi connectivity index (χ4n) is 7.20. The Kier molecular flexibility index (Phi) is 9.28. The first-order chi connectivity index (χ1) is 22.9. The Hall–Kier alpha value is -3.99. The number of sulfonamides is 1. The van der Waals surface area contributed by atoms with Crippen molar-refractivity contribution in [1.82, 2.24) is 19.6 Å². The van der Waals surface area contributed by atoms with Gasteiger partial charge in [-0.1, -0.05) is 23.7 Å². The lowest BCUT2D eigenvalue weighted by molar-refractivity contribution is -0.138. The van der Waals surface area contributed by atoms with Crippen LogP contribution < -0.4 is 9.04 Å². The van der Waals surface area contributed by atoms with Crippen molar-refractivity contribution in [3.05, 3.63) is 87.9 Å². The number of piperazine rings is 1. The molecular weight excluding hydrogens is 652 g/mol. The number of rotatable bonds is 8. The summed E-state index contributed by atoms with van der Waals surface area (Å²) in [6.45, 7) is 4.78. The Morgan fingerprint density at radius 1 is 1.02 bits per heavy atom. The van der Waals surface area contributed by atoms with Crippen LogP contribution in [0.4, 0.5) is 5.69 Å². The molecular formula is C35H39ClN6O5S. The smallest absolute Gasteiger partial charge is 0.271 e. The van der Waals surface area contributed by atoms with Crippen molar-refractivity contribution in [2.24, 2.45) is 0 Å². The van der Waals surface area contributed by atoms with Crippen LogP contribution in [0.5, 0.6) is 5.75 Å². The van der Waals surface area contributed by atoms with E-state index >= 15 is 4.79 Å². The molecule has 0 aliphatic carbocycles. The lowest BCUT2D eigenvalue weighted by atomic mass is 9.80. The van der Waals surface area contributed by atoms with E-state index in [4.69, 9.17) is 16.3 Å². The highest BCUT2D eigenvalue weighted by molar-refractivity contribution is 7.93. The molecule has 2 atom stereocenters. The summed E-state index contributed by atoms with van der Waals surface area (Å²) < 4.78 is 35.8. The predicted molar refractivity (Wildman–Crippen MR) is 182 cm³/mol. The highest BCUT2D eigenvalue weighted by atomic mass is 35.5. The number of methoxy groups -OCH3 is 1. The van der Waals surface area contributed by atoms with Crippen molar-refractivity contribution in [1.29, 1.82) is 5.26 Å². The molecule has 3 heterocycles. The molecule has 13 heteroatoms. The number of nitrogens with zero attached hydrogens (tertiary/aromatic N) is 6. The van der Waals surface area contributed by atoms with Gasteiger partial charge in [0.2, 0.25) is 5.91 Å². The van der Waals surface area contributed by atoms with Gasteiger partial charge < -0.3 is 14.5 Å². The minimum atomic E-state index is -4.50. The maximum absolute atomic E-state index is 15.4. The minimum absolute atomic E-state index is 0.139. The molecule has 2 fully saturated rings. The summed E-state index contributed by atoms with van der Waals surface area (Å²) in [5.74, 6) is -0.545. The fourth-order valence-corrected chi connectivity index (χ4v) is 8.84. The van der Waals surface area contributed by atoms with Crippen LogP contribution in [0.1, 0.15) is 35.1 Å². The number of halogens is 1. The highest BCUT2D eigenvalue weighted by Crippen LogP contribution is 2.55. The maximum Gasteiger partial charge on any atom is 0.271 e. The standard InChI is InChI=1S/C35H39ClN6O5S/c1-38(2)33(43)31-6-5-15-41(31)35(28-13-9-25(20-32(28)47-4)23-40-18-16-39(3)17-19-40)29-21-26(36)10-14-30(29)42(34(35)44)48(45,46)27-11-7-24(22-37)8-12-27/h7-14,20-21,31H,5-6,15-19,23H2,1-4H3/t31?,35-/m1/s1. The number of carbonyl (C=O) groups excluding carboxylic acids is 2. The first kappa shape index (κ1) is 33.9. The third kappa shape index (κ3) is 5.63. The van der Waals surface area contributed by atoms with Crippen LogP contribution in [0.2, 0.25) is 5.02 Å². The molecule has 0 spiro atoms. The van der Waals surface area contributed by atoms with Crippen LogP contribution in [0.25, 0.3) is 0 Å². The van der Waals surface area contributed by atoms with Gasteiger partial charge in [0.1, 0.15) is 5.75 Å². The number of fused-ring (bicyclic) bond motifs is 1. The summed E-state index contributed by atoms with van der Waals surface area (Å²) in [6.07, 6.45) is 1.09. The molecule has 3 aliphatic rings. The Morgan fingerprint density at radius 2 is 1.73 bits per heavy atom. The second kappa shape index (κ2) is 13.1. The molecule has 3 aromatic carbocycles. The molecule has 3 aliphatic heterocycles. The molecule has 0 N–H and O–H groups in total. The zero-order chi connectivity index (χ0) is 34.4. The van der Waals surface area contributed by atoms with Crippen molar-refractivity contribution in [2.75, 3.05) is 65.3 Å². The number of carbonyl (C=O) groups is 2. The Morgan fingerprint density at radius 3 is 2.38 bits per heavy atom. The summed E-state index contributed by atoms with van der Waals surface area (Å²) >= 11 is 6.63. The van der Waals surface area contributed by atoms with Crippen molar-refractivity contribution >= 4 is 39.1 Å². The van der Waals surface area contributed by atoms with E-state index in [1.54, 1.807) is 26.2 Å². The molecule has 3 aromatic rings. The Balaban J connectivity index is 1.57. The molecule has 6 rings (SSSR count).